The van der Waals surface area contributed by atoms with Crippen molar-refractivity contribution in [3.63, 3.8) is 0 Å². The Hall–Kier alpha value is -2.63. The van der Waals surface area contributed by atoms with Gasteiger partial charge >= 0.3 is 6.18 Å². The summed E-state index contributed by atoms with van der Waals surface area (Å²) in [6, 6.07) is 1.87. The number of oxazole rings is 1. The van der Waals surface area contributed by atoms with E-state index in [9.17, 15) is 22.8 Å². The molecule has 0 radical (unpaired) electrons. The third-order valence-corrected chi connectivity index (χ3v) is 4.72. The van der Waals surface area contributed by atoms with E-state index in [4.69, 9.17) is 5.26 Å². The van der Waals surface area contributed by atoms with Crippen LogP contribution in [-0.2, 0) is 11.0 Å². The summed E-state index contributed by atoms with van der Waals surface area (Å²) in [6.07, 6.45) is -2.86. The number of allylic oxidation sites excluding steroid dienone is 1. The molecule has 0 aromatic carbocycles. The predicted octanol–water partition coefficient (Wildman–Crippen LogP) is 2.89. The van der Waals surface area contributed by atoms with Gasteiger partial charge in [-0.3, -0.25) is 9.59 Å². The number of halogens is 3. The van der Waals surface area contributed by atoms with Gasteiger partial charge in [-0.15, -0.1) is 0 Å². The molecule has 0 bridgehead atoms. The fourth-order valence-electron chi connectivity index (χ4n) is 3.81. The van der Waals surface area contributed by atoms with Crippen molar-refractivity contribution in [2.45, 2.75) is 33.4 Å². The molecule has 0 atom stereocenters. The molecule has 0 saturated carbocycles. The maximum Gasteiger partial charge on any atom is 0.452 e. The molecule has 1 saturated heterocycles. The molecule has 0 unspecified atom stereocenters. The van der Waals surface area contributed by atoms with E-state index in [1.165, 1.54) is 11.8 Å². The Balaban J connectivity index is 1.85. The lowest BCUT2D eigenvalue weighted by atomic mass is 9.61. The van der Waals surface area contributed by atoms with Gasteiger partial charge in [0.15, 0.2) is 17.4 Å². The molecule has 1 aromatic rings. The van der Waals surface area contributed by atoms with Gasteiger partial charge in [0.1, 0.15) is 6.07 Å². The number of carbonyl (C=O) groups is 2. The zero-order valence-corrected chi connectivity index (χ0v) is 14.4. The number of nitrogens with zero attached hydrogens (tertiary/aromatic N) is 3. The van der Waals surface area contributed by atoms with Crippen molar-refractivity contribution in [1.82, 2.24) is 9.88 Å². The zero-order chi connectivity index (χ0) is 19.5. The standard InChI is InChI=1S/C17H16F3N3O3/c1-9-22-11(13(26-9)17(18,19)20)14(25)23-7-16(8-23)4-10(5-21)12(24)15(2,3)6-16/h4H,6-8H2,1-3H3. The second-order valence-corrected chi connectivity index (χ2v) is 7.49. The highest BCUT2D eigenvalue weighted by Gasteiger charge is 2.53. The average molecular weight is 367 g/mol. The third-order valence-electron chi connectivity index (χ3n) is 4.72. The van der Waals surface area contributed by atoms with Crippen LogP contribution >= 0.6 is 0 Å². The minimum atomic E-state index is -4.82. The second-order valence-electron chi connectivity index (χ2n) is 7.49. The first-order valence-corrected chi connectivity index (χ1v) is 7.90. The van der Waals surface area contributed by atoms with Crippen molar-refractivity contribution in [3.05, 3.63) is 29.0 Å². The molecule has 6 nitrogen and oxygen atoms in total. The van der Waals surface area contributed by atoms with Crippen LogP contribution in [0.25, 0.3) is 0 Å². The van der Waals surface area contributed by atoms with Crippen LogP contribution in [-0.4, -0.2) is 34.7 Å². The summed E-state index contributed by atoms with van der Waals surface area (Å²) in [6.45, 7) is 4.91. The molecule has 138 valence electrons. The lowest BCUT2D eigenvalue weighted by molar-refractivity contribution is -0.153. The van der Waals surface area contributed by atoms with Crippen molar-refractivity contribution < 1.29 is 27.2 Å². The normalized spacial score (nSPS) is 21.2. The van der Waals surface area contributed by atoms with Gasteiger partial charge in [-0.25, -0.2) is 4.98 Å². The smallest absolute Gasteiger partial charge is 0.436 e. The summed E-state index contributed by atoms with van der Waals surface area (Å²) in [4.78, 5) is 29.5. The van der Waals surface area contributed by atoms with Gasteiger partial charge in [0.05, 0.1) is 5.57 Å². The molecule has 1 amide bonds. The quantitative estimate of drug-likeness (QED) is 0.762. The van der Waals surface area contributed by atoms with Crippen LogP contribution in [0.3, 0.4) is 0 Å². The molecule has 3 rings (SSSR count). The highest BCUT2D eigenvalue weighted by Crippen LogP contribution is 2.48. The Morgan fingerprint density at radius 1 is 1.38 bits per heavy atom. The fraction of sp³-hybridized carbons (Fsp3) is 0.529. The van der Waals surface area contributed by atoms with E-state index in [2.05, 4.69) is 9.40 Å². The Morgan fingerprint density at radius 2 is 2.00 bits per heavy atom. The van der Waals surface area contributed by atoms with Crippen LogP contribution in [0.15, 0.2) is 16.1 Å². The molecule has 1 aromatic heterocycles. The minimum absolute atomic E-state index is 0.0293. The van der Waals surface area contributed by atoms with Crippen molar-refractivity contribution in [1.29, 1.82) is 5.26 Å². The van der Waals surface area contributed by atoms with Gasteiger partial charge in [-0.05, 0) is 6.42 Å². The van der Waals surface area contributed by atoms with Gasteiger partial charge in [-0.2, -0.15) is 18.4 Å². The number of hydrogen-bond acceptors (Lipinski definition) is 5. The van der Waals surface area contributed by atoms with E-state index in [0.717, 1.165) is 0 Å². The van der Waals surface area contributed by atoms with Crippen LogP contribution < -0.4 is 0 Å². The van der Waals surface area contributed by atoms with Gasteiger partial charge in [0, 0.05) is 30.8 Å². The zero-order valence-electron chi connectivity index (χ0n) is 14.4. The molecule has 1 aliphatic heterocycles. The molecule has 0 N–H and O–H groups in total. The van der Waals surface area contributed by atoms with Crippen molar-refractivity contribution >= 4 is 11.7 Å². The largest absolute Gasteiger partial charge is 0.452 e. The highest BCUT2D eigenvalue weighted by atomic mass is 19.4. The Kier molecular flexibility index (Phi) is 3.80. The molecule has 9 heteroatoms. The predicted molar refractivity (Wildman–Crippen MR) is 81.7 cm³/mol. The Labute approximate surface area is 147 Å². The maximum absolute atomic E-state index is 13.0. The minimum Gasteiger partial charge on any atom is -0.436 e. The SMILES string of the molecule is Cc1nc(C(=O)N2CC3(C=C(C#N)C(=O)C(C)(C)C3)C2)c(C(F)(F)F)o1. The highest BCUT2D eigenvalue weighted by molar-refractivity contribution is 6.04. The van der Waals surface area contributed by atoms with E-state index < -0.39 is 34.4 Å². The Morgan fingerprint density at radius 3 is 2.54 bits per heavy atom. The number of rotatable bonds is 1. The first kappa shape index (κ1) is 18.2. The number of carbonyl (C=O) groups excluding carboxylic acids is 2. The number of aromatic nitrogens is 1. The number of nitriles is 1. The number of Topliss-reactive ketones (excluding diaryl/α,β-unsaturated/α-hetero) is 1. The summed E-state index contributed by atoms with van der Waals surface area (Å²) < 4.78 is 43.6. The summed E-state index contributed by atoms with van der Waals surface area (Å²) in [7, 11) is 0. The van der Waals surface area contributed by atoms with Crippen LogP contribution in [0.5, 0.6) is 0 Å². The summed E-state index contributed by atoms with van der Waals surface area (Å²) in [5.74, 6) is -2.79. The lowest BCUT2D eigenvalue weighted by Crippen LogP contribution is -2.61. The number of likely N-dealkylation sites (tertiary alicyclic amines) is 1. The molecular formula is C17H16F3N3O3. The number of alkyl halides is 3. The van der Waals surface area contributed by atoms with Crippen LogP contribution in [0.4, 0.5) is 13.2 Å². The maximum atomic E-state index is 13.0. The molecule has 2 aliphatic rings. The van der Waals surface area contributed by atoms with E-state index in [0.29, 0.717) is 6.42 Å². The fourth-order valence-corrected chi connectivity index (χ4v) is 3.81. The van der Waals surface area contributed by atoms with Crippen LogP contribution in [0.2, 0.25) is 0 Å². The van der Waals surface area contributed by atoms with Crippen molar-refractivity contribution in [2.24, 2.45) is 10.8 Å². The number of aryl methyl sites for hydroxylation is 1. The number of amides is 1. The lowest BCUT2D eigenvalue weighted by Gasteiger charge is -2.53. The van der Waals surface area contributed by atoms with Crippen LogP contribution in [0, 0.1) is 29.1 Å². The Bertz CT molecular complexity index is 868. The topological polar surface area (TPSA) is 87.2 Å². The second kappa shape index (κ2) is 5.43. The summed E-state index contributed by atoms with van der Waals surface area (Å²) in [5.41, 5.74) is -2.09. The number of ketones is 1. The molecule has 1 spiro atoms. The van der Waals surface area contributed by atoms with Gasteiger partial charge in [-0.1, -0.05) is 19.9 Å². The summed E-state index contributed by atoms with van der Waals surface area (Å²) >= 11 is 0. The number of hydrogen-bond donors (Lipinski definition) is 0. The van der Waals surface area contributed by atoms with Crippen molar-refractivity contribution in [3.8, 4) is 6.07 Å². The van der Waals surface area contributed by atoms with Gasteiger partial charge in [0.25, 0.3) is 5.91 Å². The van der Waals surface area contributed by atoms with Gasteiger partial charge < -0.3 is 9.32 Å². The van der Waals surface area contributed by atoms with E-state index >= 15 is 0 Å². The molecule has 2 heterocycles. The van der Waals surface area contributed by atoms with E-state index in [1.54, 1.807) is 19.9 Å². The van der Waals surface area contributed by atoms with E-state index in [-0.39, 0.29) is 30.3 Å². The van der Waals surface area contributed by atoms with Gasteiger partial charge in [0.2, 0.25) is 5.76 Å². The third kappa shape index (κ3) is 2.79. The molecular weight excluding hydrogens is 351 g/mol. The molecule has 1 fully saturated rings. The monoisotopic (exact) mass is 367 g/mol. The summed E-state index contributed by atoms with van der Waals surface area (Å²) in [5, 5.41) is 9.16. The average Bonchev–Trinajstić information content (AvgIpc) is 2.89. The van der Waals surface area contributed by atoms with Crippen molar-refractivity contribution in [2.75, 3.05) is 13.1 Å². The first-order valence-electron chi connectivity index (χ1n) is 7.90. The first-order chi connectivity index (χ1) is 11.9. The molecule has 1 aliphatic carbocycles. The van der Waals surface area contributed by atoms with Crippen LogP contribution in [0.1, 0.15) is 42.4 Å². The van der Waals surface area contributed by atoms with E-state index in [1.807, 2.05) is 6.07 Å². The molecule has 26 heavy (non-hydrogen) atoms.